The Morgan fingerprint density at radius 2 is 2.05 bits per heavy atom. The second kappa shape index (κ2) is 5.96. The second-order valence-electron chi connectivity index (χ2n) is 4.38. The van der Waals surface area contributed by atoms with Gasteiger partial charge in [0.05, 0.1) is 6.54 Å². The summed E-state index contributed by atoms with van der Waals surface area (Å²) in [6, 6.07) is 0. The van der Waals surface area contributed by atoms with Gasteiger partial charge >= 0.3 is 11.8 Å². The summed E-state index contributed by atoms with van der Waals surface area (Å²) >= 11 is 1.42. The van der Waals surface area contributed by atoms with Crippen LogP contribution in [-0.2, 0) is 16.1 Å². The molecule has 7 nitrogen and oxygen atoms in total. The molecule has 19 heavy (non-hydrogen) atoms. The van der Waals surface area contributed by atoms with Gasteiger partial charge in [-0.2, -0.15) is 0 Å². The minimum Gasteiger partial charge on any atom is -0.360 e. The largest absolute Gasteiger partial charge is 0.360 e. The van der Waals surface area contributed by atoms with Gasteiger partial charge in [0.1, 0.15) is 5.01 Å². The van der Waals surface area contributed by atoms with E-state index in [9.17, 15) is 9.59 Å². The van der Waals surface area contributed by atoms with E-state index in [1.54, 1.807) is 7.05 Å². The lowest BCUT2D eigenvalue weighted by Crippen LogP contribution is -2.52. The fourth-order valence-corrected chi connectivity index (χ4v) is 2.49. The molecule has 1 aliphatic rings. The summed E-state index contributed by atoms with van der Waals surface area (Å²) in [5.41, 5.74) is 0. The average molecular weight is 283 g/mol. The molecule has 1 aromatic rings. The Hall–Kier alpha value is -1.70. The molecule has 0 aliphatic carbocycles. The van der Waals surface area contributed by atoms with Crippen LogP contribution in [0.3, 0.4) is 0 Å². The Morgan fingerprint density at radius 3 is 2.79 bits per heavy atom. The van der Waals surface area contributed by atoms with Crippen molar-refractivity contribution in [2.45, 2.75) is 19.9 Å². The van der Waals surface area contributed by atoms with E-state index in [2.05, 4.69) is 22.4 Å². The Labute approximate surface area is 115 Å². The maximum atomic E-state index is 11.8. The number of hydrogen-bond donors (Lipinski definition) is 1. The number of piperazine rings is 1. The lowest BCUT2D eigenvalue weighted by atomic mass is 10.3. The molecule has 104 valence electrons. The molecule has 8 heteroatoms. The van der Waals surface area contributed by atoms with Crippen molar-refractivity contribution in [3.05, 3.63) is 5.01 Å². The maximum absolute atomic E-state index is 11.8. The van der Waals surface area contributed by atoms with Crippen LogP contribution in [0.15, 0.2) is 0 Å². The molecule has 1 N–H and O–H groups in total. The van der Waals surface area contributed by atoms with Crippen LogP contribution in [0.4, 0.5) is 5.13 Å². The van der Waals surface area contributed by atoms with Gasteiger partial charge in [-0.1, -0.05) is 18.3 Å². The highest BCUT2D eigenvalue weighted by Gasteiger charge is 2.30. The van der Waals surface area contributed by atoms with E-state index in [0.29, 0.717) is 19.6 Å². The van der Waals surface area contributed by atoms with Crippen molar-refractivity contribution in [3.8, 4) is 0 Å². The molecule has 2 rings (SSSR count). The standard InChI is InChI=1S/C11H17N5O2S/c1-3-4-12-11-14-13-8(19-11)7-16-6-5-15(2)9(17)10(16)18/h3-7H2,1-2H3,(H,12,14). The van der Waals surface area contributed by atoms with Gasteiger partial charge in [0, 0.05) is 26.7 Å². The number of nitrogens with zero attached hydrogens (tertiary/aromatic N) is 4. The Balaban J connectivity index is 1.95. The van der Waals surface area contributed by atoms with E-state index in [-0.39, 0.29) is 0 Å². The van der Waals surface area contributed by atoms with Crippen LogP contribution in [0.2, 0.25) is 0 Å². The van der Waals surface area contributed by atoms with Gasteiger partial charge in [-0.05, 0) is 6.42 Å². The van der Waals surface area contributed by atoms with Gasteiger partial charge in [0.2, 0.25) is 5.13 Å². The van der Waals surface area contributed by atoms with Crippen LogP contribution in [0, 0.1) is 0 Å². The highest BCUT2D eigenvalue weighted by molar-refractivity contribution is 7.15. The van der Waals surface area contributed by atoms with E-state index in [0.717, 1.165) is 23.1 Å². The molecular formula is C11H17N5O2S. The summed E-state index contributed by atoms with van der Waals surface area (Å²) in [4.78, 5) is 26.3. The molecule has 0 bridgehead atoms. The Morgan fingerprint density at radius 1 is 1.26 bits per heavy atom. The fraction of sp³-hybridized carbons (Fsp3) is 0.636. The maximum Gasteiger partial charge on any atom is 0.312 e. The number of anilines is 1. The lowest BCUT2D eigenvalue weighted by Gasteiger charge is -2.30. The minimum atomic E-state index is -0.466. The number of likely N-dealkylation sites (N-methyl/N-ethyl adjacent to an activating group) is 1. The molecule has 0 aromatic carbocycles. The van der Waals surface area contributed by atoms with Crippen molar-refractivity contribution in [2.24, 2.45) is 0 Å². The Kier molecular flexibility index (Phi) is 4.31. The number of nitrogens with one attached hydrogen (secondary N) is 1. The third-order valence-corrected chi connectivity index (χ3v) is 3.71. The van der Waals surface area contributed by atoms with E-state index in [4.69, 9.17) is 0 Å². The number of hydrogen-bond acceptors (Lipinski definition) is 6. The zero-order valence-electron chi connectivity index (χ0n) is 11.0. The van der Waals surface area contributed by atoms with E-state index in [1.165, 1.54) is 21.1 Å². The van der Waals surface area contributed by atoms with Crippen LogP contribution in [0.5, 0.6) is 0 Å². The van der Waals surface area contributed by atoms with Crippen molar-refractivity contribution in [1.82, 2.24) is 20.0 Å². The molecule has 1 aromatic heterocycles. The molecular weight excluding hydrogens is 266 g/mol. The zero-order valence-corrected chi connectivity index (χ0v) is 11.9. The number of rotatable bonds is 5. The summed E-state index contributed by atoms with van der Waals surface area (Å²) < 4.78 is 0. The highest BCUT2D eigenvalue weighted by Crippen LogP contribution is 2.18. The fourth-order valence-electron chi connectivity index (χ4n) is 1.71. The van der Waals surface area contributed by atoms with E-state index >= 15 is 0 Å². The average Bonchev–Trinajstić information content (AvgIpc) is 2.85. The third-order valence-electron chi connectivity index (χ3n) is 2.84. The molecule has 0 spiro atoms. The molecule has 0 unspecified atom stereocenters. The third kappa shape index (κ3) is 3.19. The lowest BCUT2D eigenvalue weighted by molar-refractivity contribution is -0.155. The number of aromatic nitrogens is 2. The number of amides is 2. The van der Waals surface area contributed by atoms with Crippen LogP contribution in [-0.4, -0.2) is 58.5 Å². The molecule has 2 heterocycles. The van der Waals surface area contributed by atoms with E-state index in [1.807, 2.05) is 0 Å². The van der Waals surface area contributed by atoms with Gasteiger partial charge in [0.15, 0.2) is 0 Å². The van der Waals surface area contributed by atoms with E-state index < -0.39 is 11.8 Å². The molecule has 0 radical (unpaired) electrons. The van der Waals surface area contributed by atoms with Crippen LogP contribution >= 0.6 is 11.3 Å². The van der Waals surface area contributed by atoms with Crippen molar-refractivity contribution in [1.29, 1.82) is 0 Å². The first kappa shape index (κ1) is 13.7. The van der Waals surface area contributed by atoms with Gasteiger partial charge in [-0.25, -0.2) is 0 Å². The Bertz CT molecular complexity index is 475. The molecule has 2 amide bonds. The van der Waals surface area contributed by atoms with Crippen LogP contribution in [0.1, 0.15) is 18.4 Å². The van der Waals surface area contributed by atoms with Crippen LogP contribution in [0.25, 0.3) is 0 Å². The summed E-state index contributed by atoms with van der Waals surface area (Å²) in [5.74, 6) is -0.924. The van der Waals surface area contributed by atoms with Crippen molar-refractivity contribution in [3.63, 3.8) is 0 Å². The van der Waals surface area contributed by atoms with Crippen molar-refractivity contribution >= 4 is 28.3 Å². The number of carbonyl (C=O) groups excluding carboxylic acids is 2. The van der Waals surface area contributed by atoms with Crippen LogP contribution < -0.4 is 5.32 Å². The first-order valence-electron chi connectivity index (χ1n) is 6.22. The molecule has 1 aliphatic heterocycles. The predicted molar refractivity (Wildman–Crippen MR) is 71.7 cm³/mol. The summed E-state index contributed by atoms with van der Waals surface area (Å²) in [5, 5.41) is 12.7. The van der Waals surface area contributed by atoms with Gasteiger partial charge in [-0.3, -0.25) is 9.59 Å². The topological polar surface area (TPSA) is 78.4 Å². The van der Waals surface area contributed by atoms with Crippen molar-refractivity contribution in [2.75, 3.05) is 32.0 Å². The second-order valence-corrected chi connectivity index (χ2v) is 5.44. The monoisotopic (exact) mass is 283 g/mol. The molecule has 0 saturated carbocycles. The normalized spacial score (nSPS) is 16.1. The smallest absolute Gasteiger partial charge is 0.312 e. The van der Waals surface area contributed by atoms with Crippen molar-refractivity contribution < 1.29 is 9.59 Å². The van der Waals surface area contributed by atoms with Gasteiger partial charge < -0.3 is 15.1 Å². The molecule has 1 saturated heterocycles. The highest BCUT2D eigenvalue weighted by atomic mass is 32.1. The quantitative estimate of drug-likeness (QED) is 0.779. The SMILES string of the molecule is CCCNc1nnc(CN2CCN(C)C(=O)C2=O)s1. The molecule has 0 atom stereocenters. The first-order valence-corrected chi connectivity index (χ1v) is 7.04. The van der Waals surface area contributed by atoms with Gasteiger partial charge in [-0.15, -0.1) is 10.2 Å². The predicted octanol–water partition coefficient (Wildman–Crippen LogP) is 0.161. The zero-order chi connectivity index (χ0) is 13.8. The summed E-state index contributed by atoms with van der Waals surface area (Å²) in [6.45, 7) is 4.37. The first-order chi connectivity index (χ1) is 9.11. The minimum absolute atomic E-state index is 0.351. The van der Waals surface area contributed by atoms with Gasteiger partial charge in [0.25, 0.3) is 0 Å². The molecule has 1 fully saturated rings. The summed E-state index contributed by atoms with van der Waals surface area (Å²) in [6.07, 6.45) is 1.01. The summed E-state index contributed by atoms with van der Waals surface area (Å²) in [7, 11) is 1.63. The number of carbonyl (C=O) groups is 2.